The molecule has 0 aromatic carbocycles. The van der Waals surface area contributed by atoms with Crippen LogP contribution >= 0.6 is 0 Å². The van der Waals surface area contributed by atoms with Crippen LogP contribution in [0.3, 0.4) is 0 Å². The van der Waals surface area contributed by atoms with Gasteiger partial charge in [-0.2, -0.15) is 0 Å². The first-order valence-corrected chi connectivity index (χ1v) is 13.2. The molecule has 4 fully saturated rings. The summed E-state index contributed by atoms with van der Waals surface area (Å²) < 4.78 is 0. The molecule has 176 valence electrons. The molecule has 1 N–H and O–H groups in total. The molecule has 0 aromatic rings. The second-order valence-corrected chi connectivity index (χ2v) is 12.8. The van der Waals surface area contributed by atoms with Crippen LogP contribution < -0.4 is 5.32 Å². The number of fused-ring (bicyclic) bond motifs is 5. The third-order valence-electron chi connectivity index (χ3n) is 10.9. The standard InChI is InChI=1S/C28H48N2O/c1-18(2)16-26(31)29-21-12-14-27(4)20(17-21)8-9-22-24-11-10-23(19(3)30(6)7)28(24,5)15-13-25(22)27/h16,19-25H,8-15,17H2,1-7H3,(H,29,31)/t19-,20-,21-,22-,23+,24-,25-,27-,28+/m0/s1. The van der Waals surface area contributed by atoms with Crippen molar-refractivity contribution in [3.63, 3.8) is 0 Å². The zero-order chi connectivity index (χ0) is 22.6. The minimum absolute atomic E-state index is 0.114. The Labute approximate surface area is 191 Å². The van der Waals surface area contributed by atoms with Gasteiger partial charge in [0.15, 0.2) is 0 Å². The van der Waals surface area contributed by atoms with Crippen LogP contribution in [0.2, 0.25) is 0 Å². The fourth-order valence-electron chi connectivity index (χ4n) is 9.09. The van der Waals surface area contributed by atoms with Gasteiger partial charge in [0.05, 0.1) is 0 Å². The van der Waals surface area contributed by atoms with Crippen LogP contribution in [0.4, 0.5) is 0 Å². The van der Waals surface area contributed by atoms with Gasteiger partial charge in [-0.3, -0.25) is 4.79 Å². The van der Waals surface area contributed by atoms with Gasteiger partial charge in [-0.05, 0) is 133 Å². The molecule has 3 heteroatoms. The number of carbonyl (C=O) groups is 1. The van der Waals surface area contributed by atoms with E-state index in [0.717, 1.165) is 35.2 Å². The number of allylic oxidation sites excluding steroid dienone is 1. The lowest BCUT2D eigenvalue weighted by molar-refractivity contribution is -0.125. The summed E-state index contributed by atoms with van der Waals surface area (Å²) in [6, 6.07) is 1.07. The predicted octanol–water partition coefficient (Wildman–Crippen LogP) is 6.05. The van der Waals surface area contributed by atoms with Crippen molar-refractivity contribution in [1.82, 2.24) is 10.2 Å². The van der Waals surface area contributed by atoms with Crippen molar-refractivity contribution in [2.45, 2.75) is 104 Å². The Morgan fingerprint density at radius 2 is 1.65 bits per heavy atom. The summed E-state index contributed by atoms with van der Waals surface area (Å²) in [5, 5.41) is 3.32. The van der Waals surface area contributed by atoms with E-state index in [1.807, 2.05) is 13.8 Å². The second kappa shape index (κ2) is 8.50. The van der Waals surface area contributed by atoms with Gasteiger partial charge in [0.1, 0.15) is 0 Å². The number of hydrogen-bond donors (Lipinski definition) is 1. The van der Waals surface area contributed by atoms with Crippen molar-refractivity contribution in [3.05, 3.63) is 11.6 Å². The summed E-state index contributed by atoms with van der Waals surface area (Å²) >= 11 is 0. The molecular weight excluding hydrogens is 380 g/mol. The van der Waals surface area contributed by atoms with E-state index in [4.69, 9.17) is 0 Å². The molecule has 9 atom stereocenters. The normalized spacial score (nSPS) is 45.3. The summed E-state index contributed by atoms with van der Waals surface area (Å²) in [6.45, 7) is 11.8. The molecule has 1 amide bonds. The lowest BCUT2D eigenvalue weighted by Gasteiger charge is -2.61. The van der Waals surface area contributed by atoms with Crippen LogP contribution in [-0.4, -0.2) is 37.0 Å². The fraction of sp³-hybridized carbons (Fsp3) is 0.893. The fourth-order valence-corrected chi connectivity index (χ4v) is 9.09. The number of hydrogen-bond acceptors (Lipinski definition) is 2. The maximum Gasteiger partial charge on any atom is 0.244 e. The van der Waals surface area contributed by atoms with E-state index < -0.39 is 0 Å². The third kappa shape index (κ3) is 4.02. The summed E-state index contributed by atoms with van der Waals surface area (Å²) in [6.07, 6.45) is 14.0. The highest BCUT2D eigenvalue weighted by Crippen LogP contribution is 2.67. The molecule has 0 aromatic heterocycles. The lowest BCUT2D eigenvalue weighted by atomic mass is 9.44. The van der Waals surface area contributed by atoms with E-state index in [1.165, 1.54) is 57.8 Å². The van der Waals surface area contributed by atoms with Gasteiger partial charge in [-0.15, -0.1) is 0 Å². The molecule has 0 bridgehead atoms. The van der Waals surface area contributed by atoms with Gasteiger partial charge in [-0.25, -0.2) is 0 Å². The van der Waals surface area contributed by atoms with Crippen molar-refractivity contribution in [3.8, 4) is 0 Å². The van der Waals surface area contributed by atoms with Gasteiger partial charge >= 0.3 is 0 Å². The molecule has 4 saturated carbocycles. The van der Waals surface area contributed by atoms with Gasteiger partial charge in [0.2, 0.25) is 5.91 Å². The van der Waals surface area contributed by atoms with Crippen LogP contribution in [-0.2, 0) is 4.79 Å². The van der Waals surface area contributed by atoms with E-state index in [2.05, 4.69) is 45.1 Å². The van der Waals surface area contributed by atoms with E-state index in [1.54, 1.807) is 6.08 Å². The Hall–Kier alpha value is -0.830. The van der Waals surface area contributed by atoms with Crippen molar-refractivity contribution >= 4 is 5.91 Å². The number of carbonyl (C=O) groups excluding carboxylic acids is 1. The largest absolute Gasteiger partial charge is 0.350 e. The Bertz CT molecular complexity index is 710. The maximum atomic E-state index is 12.3. The summed E-state index contributed by atoms with van der Waals surface area (Å²) in [5.74, 6) is 4.55. The smallest absolute Gasteiger partial charge is 0.244 e. The lowest BCUT2D eigenvalue weighted by Crippen LogP contribution is -2.56. The maximum absolute atomic E-state index is 12.3. The van der Waals surface area contributed by atoms with Gasteiger partial charge in [0, 0.05) is 18.2 Å². The zero-order valence-corrected chi connectivity index (χ0v) is 21.3. The van der Waals surface area contributed by atoms with Gasteiger partial charge in [-0.1, -0.05) is 19.4 Å². The molecule has 0 unspecified atom stereocenters. The molecule has 3 nitrogen and oxygen atoms in total. The van der Waals surface area contributed by atoms with Crippen molar-refractivity contribution in [1.29, 1.82) is 0 Å². The van der Waals surface area contributed by atoms with Crippen molar-refractivity contribution in [2.24, 2.45) is 40.4 Å². The molecule has 4 aliphatic carbocycles. The van der Waals surface area contributed by atoms with E-state index in [9.17, 15) is 4.79 Å². The Morgan fingerprint density at radius 1 is 0.968 bits per heavy atom. The Balaban J connectivity index is 1.46. The second-order valence-electron chi connectivity index (χ2n) is 12.8. The minimum atomic E-state index is 0.114. The van der Waals surface area contributed by atoms with Crippen LogP contribution in [0.1, 0.15) is 92.4 Å². The van der Waals surface area contributed by atoms with Gasteiger partial charge < -0.3 is 10.2 Å². The number of nitrogens with zero attached hydrogens (tertiary/aromatic N) is 1. The monoisotopic (exact) mass is 428 g/mol. The number of amides is 1. The first kappa shape index (κ1) is 23.3. The highest BCUT2D eigenvalue weighted by Gasteiger charge is 2.60. The average Bonchev–Trinajstić information content (AvgIpc) is 3.04. The highest BCUT2D eigenvalue weighted by atomic mass is 16.1. The molecule has 0 saturated heterocycles. The van der Waals surface area contributed by atoms with Crippen LogP contribution in [0.5, 0.6) is 0 Å². The first-order valence-electron chi connectivity index (χ1n) is 13.2. The van der Waals surface area contributed by atoms with Crippen molar-refractivity contribution in [2.75, 3.05) is 14.1 Å². The SMILES string of the molecule is CC(C)=CC(=O)N[C@H]1CC[C@@]2(C)[C@@H](CC[C@@H]3[C@@H]2CC[C@]2(C)[C@@H]([C@H](C)N(C)C)CC[C@@H]32)C1. The van der Waals surface area contributed by atoms with Crippen LogP contribution in [0.15, 0.2) is 11.6 Å². The molecule has 4 aliphatic rings. The first-order chi connectivity index (χ1) is 14.6. The molecule has 0 aliphatic heterocycles. The van der Waals surface area contributed by atoms with Crippen LogP contribution in [0.25, 0.3) is 0 Å². The topological polar surface area (TPSA) is 32.3 Å². The average molecular weight is 429 g/mol. The van der Waals surface area contributed by atoms with Gasteiger partial charge in [0.25, 0.3) is 0 Å². The summed E-state index contributed by atoms with van der Waals surface area (Å²) in [5.41, 5.74) is 2.12. The van der Waals surface area contributed by atoms with Crippen LogP contribution in [0, 0.1) is 40.4 Å². The summed E-state index contributed by atoms with van der Waals surface area (Å²) in [7, 11) is 4.54. The Morgan fingerprint density at radius 3 is 2.32 bits per heavy atom. The Kier molecular flexibility index (Phi) is 6.40. The summed E-state index contributed by atoms with van der Waals surface area (Å²) in [4.78, 5) is 14.8. The molecule has 0 spiro atoms. The molecule has 31 heavy (non-hydrogen) atoms. The zero-order valence-electron chi connectivity index (χ0n) is 21.3. The predicted molar refractivity (Wildman–Crippen MR) is 130 cm³/mol. The van der Waals surface area contributed by atoms with E-state index in [0.29, 0.717) is 22.9 Å². The number of rotatable bonds is 4. The van der Waals surface area contributed by atoms with E-state index in [-0.39, 0.29) is 5.91 Å². The number of nitrogens with one attached hydrogen (secondary N) is 1. The quantitative estimate of drug-likeness (QED) is 0.553. The molecular formula is C28H48N2O. The highest BCUT2D eigenvalue weighted by molar-refractivity contribution is 5.88. The minimum Gasteiger partial charge on any atom is -0.350 e. The van der Waals surface area contributed by atoms with Crippen molar-refractivity contribution < 1.29 is 4.79 Å². The molecule has 4 rings (SSSR count). The molecule has 0 heterocycles. The third-order valence-corrected chi connectivity index (χ3v) is 10.9. The van der Waals surface area contributed by atoms with E-state index >= 15 is 0 Å². The molecule has 0 radical (unpaired) electrons.